The van der Waals surface area contributed by atoms with Gasteiger partial charge in [-0.15, -0.1) is 0 Å². The van der Waals surface area contributed by atoms with E-state index in [1.807, 2.05) is 0 Å². The molecule has 0 atom stereocenters. The number of hydrogen-bond acceptors (Lipinski definition) is 4. The van der Waals surface area contributed by atoms with Crippen molar-refractivity contribution in [1.82, 2.24) is 19.9 Å². The summed E-state index contributed by atoms with van der Waals surface area (Å²) in [6.07, 6.45) is -28.8. The Balaban J connectivity index is 1.42. The second kappa shape index (κ2) is 22.7. The third-order valence-electron chi connectivity index (χ3n) is 13.6. The lowest BCUT2D eigenvalue weighted by Crippen LogP contribution is -2.59. The Morgan fingerprint density at radius 2 is 0.330 bits per heavy atom. The monoisotopic (exact) mass is 1410 g/mol. The van der Waals surface area contributed by atoms with Crippen LogP contribution in [0.2, 0.25) is 0 Å². The quantitative estimate of drug-likeness (QED) is 0.0804. The van der Waals surface area contributed by atoms with E-state index in [0.29, 0.717) is 24.3 Å². The van der Waals surface area contributed by atoms with E-state index < -0.39 is 163 Å². The van der Waals surface area contributed by atoms with Gasteiger partial charge in [0.1, 0.15) is 22.8 Å². The van der Waals surface area contributed by atoms with Crippen LogP contribution in [-0.2, 0) is 23.7 Å². The molecule has 3 aromatic carbocycles. The van der Waals surface area contributed by atoms with Crippen LogP contribution in [0.3, 0.4) is 0 Å². The Morgan fingerprint density at radius 1 is 0.170 bits per heavy atom. The zero-order valence-corrected chi connectivity index (χ0v) is 44.1. The molecule has 0 aliphatic carbocycles. The van der Waals surface area contributed by atoms with Gasteiger partial charge in [0.15, 0.2) is 0 Å². The molecular formula is C54H22F36N4. The van der Waals surface area contributed by atoms with E-state index in [-0.39, 0.29) is 71.3 Å². The minimum absolute atomic E-state index is 0.111. The number of rotatable bonds is 18. The highest BCUT2D eigenvalue weighted by molar-refractivity contribution is 5.85. The second-order valence-electron chi connectivity index (χ2n) is 19.8. The summed E-state index contributed by atoms with van der Waals surface area (Å²) < 4.78 is 499. The molecule has 94 heavy (non-hydrogen) atoms. The summed E-state index contributed by atoms with van der Waals surface area (Å²) in [5.74, 6) is -84.9. The molecule has 0 aliphatic heterocycles. The van der Waals surface area contributed by atoms with E-state index in [2.05, 4.69) is 19.9 Å². The lowest BCUT2D eigenvalue weighted by Gasteiger charge is -2.33. The Morgan fingerprint density at radius 3 is 0.479 bits per heavy atom. The van der Waals surface area contributed by atoms with Gasteiger partial charge in [-0.3, -0.25) is 19.9 Å². The molecule has 4 aromatic heterocycles. The van der Waals surface area contributed by atoms with Crippen molar-refractivity contribution in [3.05, 3.63) is 157 Å². The Labute approximate surface area is 496 Å². The number of alkyl halides is 36. The van der Waals surface area contributed by atoms with E-state index >= 15 is 0 Å². The molecule has 0 amide bonds. The molecule has 0 saturated heterocycles. The summed E-state index contributed by atoms with van der Waals surface area (Å²) >= 11 is 0. The van der Waals surface area contributed by atoms with E-state index in [0.717, 1.165) is 60.7 Å². The van der Waals surface area contributed by atoms with Gasteiger partial charge < -0.3 is 0 Å². The molecule has 7 rings (SSSR count). The highest BCUT2D eigenvalue weighted by atomic mass is 19.5. The molecule has 40 heteroatoms. The lowest BCUT2D eigenvalue weighted by molar-refractivity contribution is -0.400. The van der Waals surface area contributed by atoms with Gasteiger partial charge in [-0.25, -0.2) is 0 Å². The van der Waals surface area contributed by atoms with Crippen LogP contribution in [0.15, 0.2) is 134 Å². The molecule has 0 radical (unpaired) electrons. The molecule has 4 heterocycles. The Hall–Kier alpha value is -8.26. The highest BCUT2D eigenvalue weighted by Gasteiger charge is 2.86. The molecule has 510 valence electrons. The van der Waals surface area contributed by atoms with Gasteiger partial charge in [0.25, 0.3) is 0 Å². The standard InChI is InChI=1S/C54H22F36N4/c55-39(56,43(63,64)47(71,72)51(79,80)81)35-8-4-25(19-91-35)31-13-29(14-32(17-31)26-5-9-36(92-20-26)40(57,58)44(65,66)48(73,74)52(82,83)84)23-2-1-3-24(12-23)30-15-33(27-6-10-37(93-21-27)41(59,60)45(67,68)49(75,76)53(85,86)87)18-34(16-30)28-7-11-38(94-22-28)42(61,62)46(69,70)50(77,78)54(88,89)90/h1-22H. The predicted octanol–water partition coefficient (Wildman–Crippen LogP) is 21.0. The van der Waals surface area contributed by atoms with Gasteiger partial charge in [-0.05, 0) is 111 Å². The van der Waals surface area contributed by atoms with Crippen molar-refractivity contribution >= 4 is 0 Å². The van der Waals surface area contributed by atoms with Gasteiger partial charge >= 0.3 is 95.8 Å². The first-order valence-electron chi connectivity index (χ1n) is 24.3. The molecule has 0 saturated carbocycles. The molecule has 0 aliphatic rings. The van der Waals surface area contributed by atoms with Crippen molar-refractivity contribution in [2.24, 2.45) is 0 Å². The molecule has 0 N–H and O–H groups in total. The maximum atomic E-state index is 14.9. The van der Waals surface area contributed by atoms with E-state index in [1.165, 1.54) is 0 Å². The van der Waals surface area contributed by atoms with Crippen LogP contribution in [0.5, 0.6) is 0 Å². The van der Waals surface area contributed by atoms with Crippen molar-refractivity contribution in [2.75, 3.05) is 0 Å². The van der Waals surface area contributed by atoms with Crippen LogP contribution < -0.4 is 0 Å². The van der Waals surface area contributed by atoms with Gasteiger partial charge in [-0.2, -0.15) is 158 Å². The van der Waals surface area contributed by atoms with Crippen molar-refractivity contribution in [1.29, 1.82) is 0 Å². The van der Waals surface area contributed by atoms with Crippen LogP contribution in [0.1, 0.15) is 22.8 Å². The fourth-order valence-corrected chi connectivity index (χ4v) is 8.28. The fourth-order valence-electron chi connectivity index (χ4n) is 8.28. The van der Waals surface area contributed by atoms with E-state index in [1.54, 1.807) is 0 Å². The molecule has 4 nitrogen and oxygen atoms in total. The summed E-state index contributed by atoms with van der Waals surface area (Å²) in [4.78, 5) is 11.5. The number of pyridine rings is 4. The normalized spacial score (nSPS) is 14.6. The first kappa shape index (κ1) is 73.2. The smallest absolute Gasteiger partial charge is 0.254 e. The molecule has 0 unspecified atom stereocenters. The van der Waals surface area contributed by atoms with Gasteiger partial charge in [0.2, 0.25) is 0 Å². The minimum atomic E-state index is -7.45. The average molecular weight is 1410 g/mol. The maximum Gasteiger partial charge on any atom is 0.460 e. The molecule has 7 aromatic rings. The zero-order chi connectivity index (χ0) is 71.6. The zero-order valence-electron chi connectivity index (χ0n) is 44.1. The number of benzene rings is 3. The van der Waals surface area contributed by atoms with Crippen molar-refractivity contribution in [3.8, 4) is 66.8 Å². The topological polar surface area (TPSA) is 51.6 Å². The van der Waals surface area contributed by atoms with Gasteiger partial charge in [0, 0.05) is 47.0 Å². The third kappa shape index (κ3) is 11.7. The van der Waals surface area contributed by atoms with Crippen LogP contribution >= 0.6 is 0 Å². The Bertz CT molecular complexity index is 3430. The van der Waals surface area contributed by atoms with E-state index in [9.17, 15) is 158 Å². The van der Waals surface area contributed by atoms with Gasteiger partial charge in [-0.1, -0.05) is 42.5 Å². The van der Waals surface area contributed by atoms with E-state index in [4.69, 9.17) is 0 Å². The highest BCUT2D eigenvalue weighted by Crippen LogP contribution is 2.61. The number of halogens is 36. The van der Waals surface area contributed by atoms with Crippen molar-refractivity contribution in [2.45, 2.75) is 95.8 Å². The molecular weight excluding hydrogens is 1390 g/mol. The van der Waals surface area contributed by atoms with Crippen LogP contribution in [0.4, 0.5) is 158 Å². The first-order valence-corrected chi connectivity index (χ1v) is 24.3. The predicted molar refractivity (Wildman–Crippen MR) is 250 cm³/mol. The van der Waals surface area contributed by atoms with Crippen LogP contribution in [0.25, 0.3) is 66.8 Å². The SMILES string of the molecule is FC(F)(F)C(F)(F)C(F)(F)C(F)(F)c1ccc(-c2cc(-c3ccc(C(F)(F)C(F)(F)C(F)(F)C(F)(F)F)nc3)cc(-c3cccc(-c4cc(-c5ccc(C(F)(F)C(F)(F)C(F)(F)C(F)(F)F)nc5)cc(-c5ccc(C(F)(F)C(F)(F)C(F)(F)C(F)(F)F)nc5)c4)c3)c2)cn1. The third-order valence-corrected chi connectivity index (χ3v) is 13.6. The summed E-state index contributed by atoms with van der Waals surface area (Å²) in [6.45, 7) is 0. The molecule has 0 spiro atoms. The van der Waals surface area contributed by atoms with Crippen molar-refractivity contribution in [3.63, 3.8) is 0 Å². The maximum absolute atomic E-state index is 14.9. The summed E-state index contributed by atoms with van der Waals surface area (Å²) in [5.41, 5.74) is -16.0. The summed E-state index contributed by atoms with van der Waals surface area (Å²) in [5, 5.41) is 0. The molecule has 0 fully saturated rings. The number of hydrogen-bond donors (Lipinski definition) is 0. The largest absolute Gasteiger partial charge is 0.460 e. The molecule has 0 bridgehead atoms. The second-order valence-corrected chi connectivity index (χ2v) is 19.8. The number of nitrogens with zero attached hydrogens (tertiary/aromatic N) is 4. The van der Waals surface area contributed by atoms with Crippen LogP contribution in [-0.4, -0.2) is 92.0 Å². The first-order chi connectivity index (χ1) is 42.2. The minimum Gasteiger partial charge on any atom is -0.254 e. The fraction of sp³-hybridized carbons (Fsp3) is 0.296. The van der Waals surface area contributed by atoms with Gasteiger partial charge in [0.05, 0.1) is 0 Å². The summed E-state index contributed by atoms with van der Waals surface area (Å²) in [7, 11) is 0. The summed E-state index contributed by atoms with van der Waals surface area (Å²) in [6, 6.07) is 9.60. The van der Waals surface area contributed by atoms with Crippen LogP contribution in [0, 0.1) is 0 Å². The number of aromatic nitrogens is 4. The lowest BCUT2D eigenvalue weighted by atomic mass is 9.90. The average Bonchev–Trinajstić information content (AvgIpc) is 0.753. The van der Waals surface area contributed by atoms with Crippen molar-refractivity contribution < 1.29 is 158 Å². The Kier molecular flexibility index (Phi) is 17.7.